The van der Waals surface area contributed by atoms with E-state index in [2.05, 4.69) is 15.3 Å². The normalized spacial score (nSPS) is 12.3. The Kier molecular flexibility index (Phi) is 6.36. The first-order valence-electron chi connectivity index (χ1n) is 8.81. The molecule has 7 heteroatoms. The molecule has 1 aromatic heterocycles. The Labute approximate surface area is 172 Å². The summed E-state index contributed by atoms with van der Waals surface area (Å²) in [5, 5.41) is 12.8. The topological polar surface area (TPSA) is 91.7 Å². The summed E-state index contributed by atoms with van der Waals surface area (Å²) in [4.78, 5) is 33.7. The van der Waals surface area contributed by atoms with Crippen molar-refractivity contribution in [2.24, 2.45) is 10.9 Å². The van der Waals surface area contributed by atoms with Gasteiger partial charge in [0.1, 0.15) is 11.0 Å². The number of para-hydroxylation sites is 2. The highest BCUT2D eigenvalue weighted by Gasteiger charge is 2.34. The molecule has 0 aliphatic carbocycles. The van der Waals surface area contributed by atoms with Crippen molar-refractivity contribution in [3.05, 3.63) is 89.2 Å². The Morgan fingerprint density at radius 2 is 1.62 bits per heavy atom. The number of halogens is 1. The molecule has 2 aromatic carbocycles. The number of rotatable bonds is 6. The third-order valence-corrected chi connectivity index (χ3v) is 4.38. The summed E-state index contributed by atoms with van der Waals surface area (Å²) in [7, 11) is 0. The molecule has 0 radical (unpaired) electrons. The number of aliphatic imine (C=N–C) groups is 1. The first-order chi connectivity index (χ1) is 14.0. The highest BCUT2D eigenvalue weighted by atomic mass is 35.5. The summed E-state index contributed by atoms with van der Waals surface area (Å²) in [5.74, 6) is -3.65. The van der Waals surface area contributed by atoms with Crippen LogP contribution in [0.15, 0.2) is 77.8 Å². The molecule has 1 atom stereocenters. The number of amidine groups is 1. The van der Waals surface area contributed by atoms with E-state index < -0.39 is 17.7 Å². The van der Waals surface area contributed by atoms with Crippen LogP contribution in [0.4, 0.5) is 11.4 Å². The van der Waals surface area contributed by atoms with Crippen LogP contribution in [0.3, 0.4) is 0 Å². The minimum atomic E-state index is -1.59. The van der Waals surface area contributed by atoms with Crippen LogP contribution in [0.2, 0.25) is 5.15 Å². The highest BCUT2D eigenvalue weighted by Crippen LogP contribution is 2.22. The lowest BCUT2D eigenvalue weighted by Crippen LogP contribution is -2.36. The summed E-state index contributed by atoms with van der Waals surface area (Å²) in [6.07, 6.45) is 0. The molecule has 6 nitrogen and oxygen atoms in total. The van der Waals surface area contributed by atoms with E-state index in [9.17, 15) is 14.7 Å². The lowest BCUT2D eigenvalue weighted by atomic mass is 9.96. The Bertz CT molecular complexity index is 1050. The van der Waals surface area contributed by atoms with E-state index in [1.165, 1.54) is 6.07 Å². The molecule has 0 aliphatic rings. The standard InChI is InChI=1S/C22H18ClN3O3/c1-14-12-13-17(20(23)24-14)19(27)18(22(28)29)21(25-15-8-4-2-5-9-15)26-16-10-6-3-7-11-16/h2-13,18H,1H3,(H,25,26)(H,28,29). The average Bonchev–Trinajstić information content (AvgIpc) is 2.69. The molecule has 1 unspecified atom stereocenters. The zero-order chi connectivity index (χ0) is 20.8. The minimum absolute atomic E-state index is 0.0171. The van der Waals surface area contributed by atoms with Gasteiger partial charge in [-0.05, 0) is 43.3 Å². The SMILES string of the molecule is Cc1ccc(C(=O)C(C(=O)O)C(=Nc2ccccc2)Nc2ccccc2)c(Cl)n1. The van der Waals surface area contributed by atoms with Gasteiger partial charge in [0, 0.05) is 11.4 Å². The Balaban J connectivity index is 2.07. The van der Waals surface area contributed by atoms with Crippen LogP contribution >= 0.6 is 11.6 Å². The number of carbonyl (C=O) groups excluding carboxylic acids is 1. The van der Waals surface area contributed by atoms with Gasteiger partial charge >= 0.3 is 5.97 Å². The van der Waals surface area contributed by atoms with E-state index in [1.54, 1.807) is 61.5 Å². The van der Waals surface area contributed by atoms with Crippen LogP contribution in [0.5, 0.6) is 0 Å². The van der Waals surface area contributed by atoms with Gasteiger partial charge < -0.3 is 10.4 Å². The van der Waals surface area contributed by atoms with Crippen molar-refractivity contribution in [3.8, 4) is 0 Å². The van der Waals surface area contributed by atoms with Crippen molar-refractivity contribution in [3.63, 3.8) is 0 Å². The van der Waals surface area contributed by atoms with E-state index in [0.29, 0.717) is 17.1 Å². The summed E-state index contributed by atoms with van der Waals surface area (Å²) in [6.45, 7) is 1.73. The number of carbonyl (C=O) groups is 2. The van der Waals surface area contributed by atoms with Gasteiger partial charge in [-0.15, -0.1) is 0 Å². The first kappa shape index (κ1) is 20.2. The van der Waals surface area contributed by atoms with Crippen molar-refractivity contribution in [1.82, 2.24) is 4.98 Å². The van der Waals surface area contributed by atoms with Crippen LogP contribution in [-0.2, 0) is 4.79 Å². The van der Waals surface area contributed by atoms with Crippen molar-refractivity contribution < 1.29 is 14.7 Å². The first-order valence-corrected chi connectivity index (χ1v) is 9.19. The Hall–Kier alpha value is -3.51. The number of aromatic nitrogens is 1. The second-order valence-electron chi connectivity index (χ2n) is 6.25. The van der Waals surface area contributed by atoms with Gasteiger partial charge in [0.25, 0.3) is 0 Å². The zero-order valence-corrected chi connectivity index (χ0v) is 16.3. The van der Waals surface area contributed by atoms with Gasteiger partial charge in [0.05, 0.1) is 11.3 Å². The lowest BCUT2D eigenvalue weighted by molar-refractivity contribution is -0.137. The fourth-order valence-corrected chi connectivity index (χ4v) is 2.98. The van der Waals surface area contributed by atoms with Gasteiger partial charge in [-0.25, -0.2) is 9.98 Å². The van der Waals surface area contributed by atoms with Gasteiger partial charge in [0.2, 0.25) is 0 Å². The number of Topliss-reactive ketones (excluding diaryl/α,β-unsaturated/α-hetero) is 1. The van der Waals surface area contributed by atoms with Crippen molar-refractivity contribution in [2.45, 2.75) is 6.92 Å². The van der Waals surface area contributed by atoms with E-state index >= 15 is 0 Å². The van der Waals surface area contributed by atoms with Crippen LogP contribution < -0.4 is 5.32 Å². The molecule has 0 saturated carbocycles. The maximum atomic E-state index is 13.1. The molecule has 0 saturated heterocycles. The third kappa shape index (κ3) is 5.06. The van der Waals surface area contributed by atoms with Gasteiger partial charge in [-0.2, -0.15) is 0 Å². The molecule has 1 heterocycles. The molecular formula is C22H18ClN3O3. The molecular weight excluding hydrogens is 390 g/mol. The monoisotopic (exact) mass is 407 g/mol. The molecule has 0 fully saturated rings. The second kappa shape index (κ2) is 9.12. The molecule has 2 N–H and O–H groups in total. The van der Waals surface area contributed by atoms with Crippen molar-refractivity contribution >= 4 is 40.6 Å². The number of benzene rings is 2. The molecule has 146 valence electrons. The van der Waals surface area contributed by atoms with Gasteiger partial charge in [-0.1, -0.05) is 48.0 Å². The van der Waals surface area contributed by atoms with Crippen molar-refractivity contribution in [2.75, 3.05) is 5.32 Å². The van der Waals surface area contributed by atoms with E-state index in [0.717, 1.165) is 0 Å². The van der Waals surface area contributed by atoms with Crippen LogP contribution in [0.25, 0.3) is 0 Å². The van der Waals surface area contributed by atoms with Crippen LogP contribution in [0.1, 0.15) is 16.1 Å². The lowest BCUT2D eigenvalue weighted by Gasteiger charge is -2.17. The number of hydrogen-bond acceptors (Lipinski definition) is 4. The summed E-state index contributed by atoms with van der Waals surface area (Å²) >= 11 is 6.11. The number of carboxylic acids is 1. The summed E-state index contributed by atoms with van der Waals surface area (Å²) < 4.78 is 0. The van der Waals surface area contributed by atoms with E-state index in [1.807, 2.05) is 12.1 Å². The number of ketones is 1. The fourth-order valence-electron chi connectivity index (χ4n) is 2.69. The van der Waals surface area contributed by atoms with Crippen molar-refractivity contribution in [1.29, 1.82) is 0 Å². The van der Waals surface area contributed by atoms with Gasteiger partial charge in [-0.3, -0.25) is 9.59 Å². The maximum absolute atomic E-state index is 13.1. The molecule has 29 heavy (non-hydrogen) atoms. The molecule has 0 aliphatic heterocycles. The fraction of sp³-hybridized carbons (Fsp3) is 0.0909. The van der Waals surface area contributed by atoms with E-state index in [-0.39, 0.29) is 16.6 Å². The quantitative estimate of drug-likeness (QED) is 0.202. The molecule has 0 spiro atoms. The number of aliphatic carboxylic acids is 1. The number of aryl methyl sites for hydroxylation is 1. The smallest absolute Gasteiger partial charge is 0.322 e. The zero-order valence-electron chi connectivity index (χ0n) is 15.5. The molecule has 0 amide bonds. The number of nitrogens with zero attached hydrogens (tertiary/aromatic N) is 2. The molecule has 3 rings (SSSR count). The second-order valence-corrected chi connectivity index (χ2v) is 6.61. The minimum Gasteiger partial charge on any atom is -0.480 e. The predicted octanol–water partition coefficient (Wildman–Crippen LogP) is 4.77. The number of hydrogen-bond donors (Lipinski definition) is 2. The number of nitrogens with one attached hydrogen (secondary N) is 1. The number of carboxylic acid groups (broad SMARTS) is 1. The van der Waals surface area contributed by atoms with Gasteiger partial charge in [0.15, 0.2) is 11.7 Å². The highest BCUT2D eigenvalue weighted by molar-refractivity contribution is 6.35. The number of pyridine rings is 1. The third-order valence-electron chi connectivity index (χ3n) is 4.09. The Morgan fingerprint density at radius 1 is 1.00 bits per heavy atom. The summed E-state index contributed by atoms with van der Waals surface area (Å²) in [6, 6.07) is 20.8. The van der Waals surface area contributed by atoms with Crippen LogP contribution in [0, 0.1) is 12.8 Å². The molecule has 3 aromatic rings. The number of anilines is 1. The largest absolute Gasteiger partial charge is 0.480 e. The summed E-state index contributed by atoms with van der Waals surface area (Å²) in [5.41, 5.74) is 1.77. The maximum Gasteiger partial charge on any atom is 0.322 e. The predicted molar refractivity (Wildman–Crippen MR) is 113 cm³/mol. The average molecular weight is 408 g/mol. The Morgan fingerprint density at radius 3 is 2.21 bits per heavy atom. The molecule has 0 bridgehead atoms. The van der Waals surface area contributed by atoms with E-state index in [4.69, 9.17) is 11.6 Å². The van der Waals surface area contributed by atoms with Crippen LogP contribution in [-0.4, -0.2) is 27.7 Å².